The van der Waals surface area contributed by atoms with E-state index in [-0.39, 0.29) is 10.8 Å². The van der Waals surface area contributed by atoms with Crippen molar-refractivity contribution in [1.82, 2.24) is 9.88 Å². The molecule has 0 aliphatic rings. The minimum Gasteiger partial charge on any atom is -0.492 e. The number of thiazole rings is 1. The minimum atomic E-state index is -0.0636. The average molecular weight is 476 g/mol. The Labute approximate surface area is 200 Å². The maximum absolute atomic E-state index is 12.6. The van der Waals surface area contributed by atoms with Crippen LogP contribution in [-0.4, -0.2) is 34.5 Å². The van der Waals surface area contributed by atoms with Gasteiger partial charge in [-0.2, -0.15) is 0 Å². The highest BCUT2D eigenvalue weighted by atomic mass is 32.1. The second-order valence-electron chi connectivity index (χ2n) is 7.74. The van der Waals surface area contributed by atoms with Crippen molar-refractivity contribution in [3.05, 3.63) is 99.2 Å². The lowest BCUT2D eigenvalue weighted by Gasteiger charge is -2.09. The fourth-order valence-corrected chi connectivity index (χ4v) is 4.65. The lowest BCUT2D eigenvalue weighted by atomic mass is 10.0. The van der Waals surface area contributed by atoms with Gasteiger partial charge in [0.05, 0.1) is 16.8 Å². The van der Waals surface area contributed by atoms with Gasteiger partial charge >= 0.3 is 4.87 Å². The average Bonchev–Trinajstić information content (AvgIpc) is 3.15. The Morgan fingerprint density at radius 3 is 2.53 bits per heavy atom. The van der Waals surface area contributed by atoms with Crippen LogP contribution in [0.25, 0.3) is 10.2 Å². The predicted octanol–water partition coefficient (Wildman–Crippen LogP) is 4.05. The van der Waals surface area contributed by atoms with E-state index in [2.05, 4.69) is 10.5 Å². The molecule has 1 heterocycles. The van der Waals surface area contributed by atoms with E-state index in [4.69, 9.17) is 4.74 Å². The smallest absolute Gasteiger partial charge is 0.308 e. The molecule has 0 aliphatic carbocycles. The first kappa shape index (κ1) is 23.3. The minimum absolute atomic E-state index is 0.0365. The Kier molecular flexibility index (Phi) is 7.39. The van der Waals surface area contributed by atoms with Crippen molar-refractivity contribution >= 4 is 33.2 Å². The van der Waals surface area contributed by atoms with Crippen molar-refractivity contribution in [1.29, 1.82) is 0 Å². The molecule has 1 aromatic heterocycles. The number of aromatic nitrogens is 1. The molecule has 2 N–H and O–H groups in total. The molecule has 3 aromatic carbocycles. The molecule has 0 saturated carbocycles. The van der Waals surface area contributed by atoms with Crippen molar-refractivity contribution < 1.29 is 14.7 Å². The number of carbonyl (C=O) groups excluding carboxylic acids is 1. The number of carbonyl (C=O) groups is 1. The van der Waals surface area contributed by atoms with Crippen molar-refractivity contribution in [3.63, 3.8) is 0 Å². The fraction of sp³-hybridized carbons (Fsp3) is 0.192. The first-order valence-corrected chi connectivity index (χ1v) is 11.7. The van der Waals surface area contributed by atoms with Gasteiger partial charge in [0, 0.05) is 24.6 Å². The summed E-state index contributed by atoms with van der Waals surface area (Å²) >= 11 is 1.16. The Bertz CT molecular complexity index is 1360. The summed E-state index contributed by atoms with van der Waals surface area (Å²) in [4.78, 5) is 23.5. The summed E-state index contributed by atoms with van der Waals surface area (Å²) in [5.74, 6) is 0.690. The Balaban J connectivity index is 1.41. The third kappa shape index (κ3) is 5.52. The van der Waals surface area contributed by atoms with Crippen LogP contribution in [0.15, 0.2) is 82.7 Å². The van der Waals surface area contributed by atoms with E-state index in [1.54, 1.807) is 4.57 Å². The van der Waals surface area contributed by atoms with Gasteiger partial charge in [-0.1, -0.05) is 65.0 Å². The van der Waals surface area contributed by atoms with Gasteiger partial charge in [-0.15, -0.1) is 0 Å². The van der Waals surface area contributed by atoms with Crippen LogP contribution in [0.3, 0.4) is 0 Å². The van der Waals surface area contributed by atoms with Gasteiger partial charge in [0.25, 0.3) is 0 Å². The van der Waals surface area contributed by atoms with E-state index in [1.165, 1.54) is 6.92 Å². The number of rotatable bonds is 9. The number of nitrogens with one attached hydrogen (secondary N) is 1. The highest BCUT2D eigenvalue weighted by Gasteiger charge is 2.13. The van der Waals surface area contributed by atoms with E-state index >= 15 is 0 Å². The normalized spacial score (nSPS) is 11.5. The third-order valence-corrected chi connectivity index (χ3v) is 6.33. The maximum Gasteiger partial charge on any atom is 0.308 e. The summed E-state index contributed by atoms with van der Waals surface area (Å²) in [6, 6.07) is 22.7. The molecular formula is C26H25N3O4S. The molecule has 0 radical (unpaired) electrons. The first-order chi connectivity index (χ1) is 16.5. The van der Waals surface area contributed by atoms with Gasteiger partial charge in [0.1, 0.15) is 18.1 Å². The summed E-state index contributed by atoms with van der Waals surface area (Å²) < 4.78 is 8.36. The van der Waals surface area contributed by atoms with Crippen LogP contribution in [0.4, 0.5) is 0 Å². The van der Waals surface area contributed by atoms with Gasteiger partial charge in [-0.25, -0.2) is 0 Å². The van der Waals surface area contributed by atoms with Crippen LogP contribution >= 0.6 is 11.3 Å². The monoisotopic (exact) mass is 475 g/mol. The molecular weight excluding hydrogens is 450 g/mol. The second kappa shape index (κ2) is 10.8. The molecule has 174 valence electrons. The van der Waals surface area contributed by atoms with Crippen LogP contribution in [-0.2, 0) is 17.8 Å². The lowest BCUT2D eigenvalue weighted by molar-refractivity contribution is -0.118. The van der Waals surface area contributed by atoms with Crippen molar-refractivity contribution in [2.45, 2.75) is 19.9 Å². The number of hydrogen-bond acceptors (Lipinski definition) is 6. The van der Waals surface area contributed by atoms with Crippen molar-refractivity contribution in [2.75, 3.05) is 13.2 Å². The molecule has 0 unspecified atom stereocenters. The molecule has 7 nitrogen and oxygen atoms in total. The van der Waals surface area contributed by atoms with Crippen molar-refractivity contribution in [2.24, 2.45) is 5.16 Å². The number of fused-ring (bicyclic) bond motifs is 1. The molecule has 4 aromatic rings. The summed E-state index contributed by atoms with van der Waals surface area (Å²) in [6.07, 6.45) is 0.755. The summed E-state index contributed by atoms with van der Waals surface area (Å²) in [5, 5.41) is 15.8. The van der Waals surface area contributed by atoms with Gasteiger partial charge < -0.3 is 15.3 Å². The van der Waals surface area contributed by atoms with Crippen LogP contribution in [0, 0.1) is 0 Å². The fourth-order valence-electron chi connectivity index (χ4n) is 3.69. The Morgan fingerprint density at radius 1 is 1.06 bits per heavy atom. The van der Waals surface area contributed by atoms with Crippen LogP contribution in [0.5, 0.6) is 5.75 Å². The van der Waals surface area contributed by atoms with E-state index in [1.807, 2.05) is 72.8 Å². The maximum atomic E-state index is 12.6. The standard InChI is InChI=1S/C26H25N3O4S/c1-18(30)27-14-13-19-7-10-22(11-8-19)33-16-15-29-23-12-9-21(17-24(23)34-26(29)31)25(28-32)20-5-3-2-4-6-20/h2-12,17,32H,13-16H2,1H3,(H,27,30)/b28-25+. The number of nitrogens with zero attached hydrogens (tertiary/aromatic N) is 2. The molecule has 0 fully saturated rings. The lowest BCUT2D eigenvalue weighted by Crippen LogP contribution is -2.22. The number of oxime groups is 1. The summed E-state index contributed by atoms with van der Waals surface area (Å²) in [5.41, 5.74) is 3.92. The SMILES string of the molecule is CC(=O)NCCc1ccc(OCCn2c(=O)sc3cc(/C(=N/O)c4ccccc4)ccc32)cc1. The number of ether oxygens (including phenoxy) is 1. The highest BCUT2D eigenvalue weighted by Crippen LogP contribution is 2.22. The molecule has 34 heavy (non-hydrogen) atoms. The first-order valence-electron chi connectivity index (χ1n) is 10.9. The zero-order valence-electron chi connectivity index (χ0n) is 18.7. The quantitative estimate of drug-likeness (QED) is 0.217. The zero-order chi connectivity index (χ0) is 23.9. The molecule has 4 rings (SSSR count). The van der Waals surface area contributed by atoms with E-state index in [9.17, 15) is 14.8 Å². The number of hydrogen-bond donors (Lipinski definition) is 2. The van der Waals surface area contributed by atoms with Gasteiger partial charge in [0.15, 0.2) is 0 Å². The summed E-state index contributed by atoms with van der Waals surface area (Å²) in [6.45, 7) is 2.87. The van der Waals surface area contributed by atoms with Crippen molar-refractivity contribution in [3.8, 4) is 5.75 Å². The Morgan fingerprint density at radius 2 is 1.82 bits per heavy atom. The zero-order valence-corrected chi connectivity index (χ0v) is 19.5. The predicted molar refractivity (Wildman–Crippen MR) is 134 cm³/mol. The summed E-state index contributed by atoms with van der Waals surface area (Å²) in [7, 11) is 0. The molecule has 0 bridgehead atoms. The topological polar surface area (TPSA) is 92.9 Å². The molecule has 0 spiro atoms. The highest BCUT2D eigenvalue weighted by molar-refractivity contribution is 7.16. The van der Waals surface area contributed by atoms with Crippen LogP contribution < -0.4 is 14.9 Å². The van der Waals surface area contributed by atoms with E-state index in [0.29, 0.717) is 25.4 Å². The largest absolute Gasteiger partial charge is 0.492 e. The van der Waals surface area contributed by atoms with E-state index < -0.39 is 0 Å². The molecule has 1 amide bonds. The number of amides is 1. The van der Waals surface area contributed by atoms with Crippen LogP contribution in [0.1, 0.15) is 23.6 Å². The molecule has 0 saturated heterocycles. The Hall–Kier alpha value is -3.91. The van der Waals surface area contributed by atoms with Gasteiger partial charge in [0.2, 0.25) is 5.91 Å². The number of benzene rings is 3. The third-order valence-electron chi connectivity index (χ3n) is 5.38. The molecule has 0 aliphatic heterocycles. The van der Waals surface area contributed by atoms with Gasteiger partial charge in [-0.3, -0.25) is 14.2 Å². The second-order valence-corrected chi connectivity index (χ2v) is 8.74. The van der Waals surface area contributed by atoms with Crippen LogP contribution in [0.2, 0.25) is 0 Å². The van der Waals surface area contributed by atoms with E-state index in [0.717, 1.165) is 50.4 Å². The molecule has 0 atom stereocenters. The van der Waals surface area contributed by atoms with Gasteiger partial charge in [-0.05, 0) is 36.2 Å². The molecule has 8 heteroatoms.